The maximum absolute atomic E-state index is 13.1. The lowest BCUT2D eigenvalue weighted by Gasteiger charge is -2.26. The summed E-state index contributed by atoms with van der Waals surface area (Å²) in [6, 6.07) is 0.899. The van der Waals surface area contributed by atoms with Crippen LogP contribution in [-0.2, 0) is 4.74 Å². The van der Waals surface area contributed by atoms with Crippen LogP contribution < -0.4 is 11.3 Å². The van der Waals surface area contributed by atoms with Crippen molar-refractivity contribution < 1.29 is 20.1 Å². The smallest absolute Gasteiger partial charge is 0.275 e. The Morgan fingerprint density at radius 3 is 2.63 bits per heavy atom. The largest absolute Gasteiger partial charge is 0.394 e. The highest BCUT2D eigenvalue weighted by atomic mass is 28.3. The minimum absolute atomic E-state index is 0.105. The number of rotatable bonds is 6. The number of aliphatic hydroxyl groups excluding tert-OH is 3. The second kappa shape index (κ2) is 7.32. The van der Waals surface area contributed by atoms with Crippen LogP contribution in [0.2, 0.25) is 19.1 Å². The first-order chi connectivity index (χ1) is 12.7. The van der Waals surface area contributed by atoms with E-state index >= 15 is 0 Å². The number of anilines is 1. The maximum atomic E-state index is 13.1. The summed E-state index contributed by atoms with van der Waals surface area (Å²) >= 11 is 0. The highest BCUT2D eigenvalue weighted by Gasteiger charge is 2.44. The van der Waals surface area contributed by atoms with Crippen molar-refractivity contribution in [2.75, 3.05) is 12.3 Å². The predicted molar refractivity (Wildman–Crippen MR) is 102 cm³/mol. The number of ether oxygens (including phenoxy) is 1. The molecule has 1 aliphatic rings. The van der Waals surface area contributed by atoms with Gasteiger partial charge in [-0.05, 0) is 6.04 Å². The zero-order valence-corrected chi connectivity index (χ0v) is 16.7. The molecule has 0 aliphatic carbocycles. The number of nitrogens with two attached hydrogens (primary N) is 1. The lowest BCUT2D eigenvalue weighted by atomic mass is 10.1. The quantitative estimate of drug-likeness (QED) is 0.483. The SMILES string of the molecule is CCCC[Si](C)(C)n1c(N)nc2c(ncn2[C@@H]2O[C@H](CO)C(O)C2O)c1=O. The molecule has 0 bridgehead atoms. The number of unbranched alkanes of at least 4 members (excludes halogenated alkanes) is 1. The number of fused-ring (bicyclic) bond motifs is 1. The summed E-state index contributed by atoms with van der Waals surface area (Å²) in [5, 5.41) is 29.5. The van der Waals surface area contributed by atoms with Crippen LogP contribution in [0.15, 0.2) is 11.1 Å². The van der Waals surface area contributed by atoms with Gasteiger partial charge in [0.15, 0.2) is 31.6 Å². The molecule has 1 saturated heterocycles. The molecule has 1 aliphatic heterocycles. The molecule has 0 radical (unpaired) electrons. The van der Waals surface area contributed by atoms with Crippen LogP contribution in [0.5, 0.6) is 0 Å². The monoisotopic (exact) mass is 397 g/mol. The molecule has 2 aromatic rings. The number of aliphatic hydroxyl groups is 3. The molecule has 27 heavy (non-hydrogen) atoms. The van der Waals surface area contributed by atoms with E-state index in [0.29, 0.717) is 0 Å². The average molecular weight is 398 g/mol. The zero-order valence-electron chi connectivity index (χ0n) is 15.7. The Balaban J connectivity index is 2.07. The summed E-state index contributed by atoms with van der Waals surface area (Å²) in [6.07, 6.45) is -1.13. The van der Waals surface area contributed by atoms with Gasteiger partial charge in [-0.15, -0.1) is 0 Å². The topological polar surface area (TPSA) is 149 Å². The van der Waals surface area contributed by atoms with E-state index in [0.717, 1.165) is 18.9 Å². The summed E-state index contributed by atoms with van der Waals surface area (Å²) in [7, 11) is -2.16. The maximum Gasteiger partial charge on any atom is 0.275 e. The van der Waals surface area contributed by atoms with E-state index in [1.165, 1.54) is 10.9 Å². The van der Waals surface area contributed by atoms with Crippen molar-refractivity contribution in [3.63, 3.8) is 0 Å². The zero-order chi connectivity index (χ0) is 19.9. The highest BCUT2D eigenvalue weighted by Crippen LogP contribution is 2.31. The second-order valence-corrected chi connectivity index (χ2v) is 12.2. The van der Waals surface area contributed by atoms with Crippen molar-refractivity contribution in [2.45, 2.75) is 63.4 Å². The van der Waals surface area contributed by atoms with Gasteiger partial charge in [-0.2, -0.15) is 4.98 Å². The van der Waals surface area contributed by atoms with Crippen molar-refractivity contribution in [1.82, 2.24) is 18.8 Å². The van der Waals surface area contributed by atoms with Crippen molar-refractivity contribution >= 4 is 25.3 Å². The van der Waals surface area contributed by atoms with Gasteiger partial charge in [-0.3, -0.25) is 9.36 Å². The lowest BCUT2D eigenvalue weighted by molar-refractivity contribution is -0.0511. The van der Waals surface area contributed by atoms with E-state index in [1.807, 2.05) is 0 Å². The molecule has 150 valence electrons. The molecule has 10 nitrogen and oxygen atoms in total. The molecule has 0 spiro atoms. The second-order valence-electron chi connectivity index (χ2n) is 7.58. The highest BCUT2D eigenvalue weighted by molar-refractivity contribution is 6.76. The number of hydrogen-bond donors (Lipinski definition) is 4. The van der Waals surface area contributed by atoms with Gasteiger partial charge in [0.25, 0.3) is 5.56 Å². The van der Waals surface area contributed by atoms with Crippen LogP contribution in [0, 0.1) is 0 Å². The molecule has 3 rings (SSSR count). The van der Waals surface area contributed by atoms with Gasteiger partial charge in [0.1, 0.15) is 18.3 Å². The van der Waals surface area contributed by atoms with Crippen LogP contribution in [0.3, 0.4) is 0 Å². The number of aromatic nitrogens is 4. The van der Waals surface area contributed by atoms with Crippen LogP contribution in [-0.4, -0.2) is 67.2 Å². The van der Waals surface area contributed by atoms with Crippen LogP contribution in [0.1, 0.15) is 26.0 Å². The molecule has 5 N–H and O–H groups in total. The molecule has 2 unspecified atom stereocenters. The van der Waals surface area contributed by atoms with E-state index < -0.39 is 39.4 Å². The molecule has 3 heterocycles. The van der Waals surface area contributed by atoms with Gasteiger partial charge in [0.05, 0.1) is 12.9 Å². The van der Waals surface area contributed by atoms with Crippen molar-refractivity contribution in [1.29, 1.82) is 0 Å². The minimum atomic E-state index is -2.16. The standard InChI is InChI=1S/C16H27N5O5Si/c1-4-5-6-27(2,3)21-14(25)10-13(19-16(21)17)20(8-18-10)15-12(24)11(23)9(7-22)26-15/h8-9,11-12,15,22-24H,4-7H2,1-3H3,(H2,17,19)/t9-,11?,12?,15-/m1/s1. The number of hydrogen-bond acceptors (Lipinski definition) is 8. The number of nitrogen functional groups attached to an aromatic ring is 1. The van der Waals surface area contributed by atoms with Gasteiger partial charge in [0.2, 0.25) is 0 Å². The van der Waals surface area contributed by atoms with E-state index in [9.17, 15) is 20.1 Å². The number of nitrogens with zero attached hydrogens (tertiary/aromatic N) is 4. The Morgan fingerprint density at radius 2 is 2.04 bits per heavy atom. The number of imidazole rings is 1. The summed E-state index contributed by atoms with van der Waals surface area (Å²) in [4.78, 5) is 21.6. The normalized spacial score (nSPS) is 26.1. The van der Waals surface area contributed by atoms with E-state index in [4.69, 9.17) is 10.5 Å². The molecule has 0 aromatic carbocycles. The Labute approximate surface area is 157 Å². The van der Waals surface area contributed by atoms with E-state index in [1.54, 1.807) is 4.23 Å². The van der Waals surface area contributed by atoms with Crippen molar-refractivity contribution in [2.24, 2.45) is 0 Å². The van der Waals surface area contributed by atoms with Gasteiger partial charge < -0.3 is 30.0 Å². The minimum Gasteiger partial charge on any atom is -0.394 e. The molecule has 0 saturated carbocycles. The molecular formula is C16H27N5O5Si. The van der Waals surface area contributed by atoms with Crippen LogP contribution in [0.4, 0.5) is 5.95 Å². The fraction of sp³-hybridized carbons (Fsp3) is 0.688. The molecule has 4 atom stereocenters. The van der Waals surface area contributed by atoms with E-state index in [-0.39, 0.29) is 22.7 Å². The third-order valence-electron chi connectivity index (χ3n) is 5.16. The summed E-state index contributed by atoms with van der Waals surface area (Å²) in [5.41, 5.74) is 6.15. The van der Waals surface area contributed by atoms with E-state index in [2.05, 4.69) is 30.0 Å². The molecule has 2 aromatic heterocycles. The molecule has 11 heteroatoms. The fourth-order valence-electron chi connectivity index (χ4n) is 3.59. The van der Waals surface area contributed by atoms with Crippen LogP contribution >= 0.6 is 0 Å². The Kier molecular flexibility index (Phi) is 5.41. The van der Waals surface area contributed by atoms with Gasteiger partial charge in [-0.1, -0.05) is 32.9 Å². The summed E-state index contributed by atoms with van der Waals surface area (Å²) < 4.78 is 8.47. The van der Waals surface area contributed by atoms with Crippen molar-refractivity contribution in [3.05, 3.63) is 16.7 Å². The van der Waals surface area contributed by atoms with Crippen LogP contribution in [0.25, 0.3) is 11.2 Å². The first-order valence-corrected chi connectivity index (χ1v) is 12.3. The van der Waals surface area contributed by atoms with Gasteiger partial charge >= 0.3 is 0 Å². The Morgan fingerprint density at radius 1 is 1.33 bits per heavy atom. The molecule has 1 fully saturated rings. The Bertz CT molecular complexity index is 882. The Hall–Kier alpha value is -1.79. The summed E-state index contributed by atoms with van der Waals surface area (Å²) in [5.74, 6) is 0.105. The third kappa shape index (κ3) is 3.29. The molecular weight excluding hydrogens is 370 g/mol. The molecule has 0 amide bonds. The first-order valence-electron chi connectivity index (χ1n) is 9.11. The van der Waals surface area contributed by atoms with Crippen molar-refractivity contribution in [3.8, 4) is 0 Å². The third-order valence-corrected chi connectivity index (χ3v) is 8.38. The first kappa shape index (κ1) is 20.0. The average Bonchev–Trinajstić information content (AvgIpc) is 3.15. The fourth-order valence-corrected chi connectivity index (χ4v) is 6.36. The van der Waals surface area contributed by atoms with Gasteiger partial charge in [-0.25, -0.2) is 4.98 Å². The van der Waals surface area contributed by atoms with Gasteiger partial charge in [0, 0.05) is 0 Å². The predicted octanol–water partition coefficient (Wildman–Crippen LogP) is -0.360. The lowest BCUT2D eigenvalue weighted by Crippen LogP contribution is -2.45. The summed E-state index contributed by atoms with van der Waals surface area (Å²) in [6.45, 7) is 5.79.